The van der Waals surface area contributed by atoms with Crippen LogP contribution in [0.3, 0.4) is 0 Å². The van der Waals surface area contributed by atoms with Gasteiger partial charge in [-0.3, -0.25) is 9.36 Å². The first-order valence-electron chi connectivity index (χ1n) is 12.3. The van der Waals surface area contributed by atoms with Crippen LogP contribution >= 0.6 is 15.9 Å². The number of nitrogens with zero attached hydrogens (tertiary/aromatic N) is 4. The summed E-state index contributed by atoms with van der Waals surface area (Å²) in [4.78, 5) is 34.0. The first-order valence-corrected chi connectivity index (χ1v) is 13.1. The Labute approximate surface area is 234 Å². The second kappa shape index (κ2) is 12.0. The highest BCUT2D eigenvalue weighted by molar-refractivity contribution is 9.10. The lowest BCUT2D eigenvalue weighted by molar-refractivity contribution is 0.189. The SMILES string of the molecule is CCCN(C(=O)Nc1cccc(C#N)c1)C(C)c1nc2ccccc2c(=O)n1-c1cc(OC)cc(OC)c1Br. The second-order valence-electron chi connectivity index (χ2n) is 8.78. The number of hydrogen-bond acceptors (Lipinski definition) is 6. The lowest BCUT2D eigenvalue weighted by atomic mass is 10.1. The Balaban J connectivity index is 1.90. The van der Waals surface area contributed by atoms with E-state index >= 15 is 0 Å². The molecule has 0 aliphatic carbocycles. The van der Waals surface area contributed by atoms with Crippen LogP contribution in [-0.4, -0.2) is 41.2 Å². The average Bonchev–Trinajstić information content (AvgIpc) is 2.96. The number of urea groups is 1. The lowest BCUT2D eigenvalue weighted by Crippen LogP contribution is -2.40. The number of ether oxygens (including phenoxy) is 2. The Hall–Kier alpha value is -4.36. The molecule has 0 radical (unpaired) electrons. The molecule has 0 bridgehead atoms. The molecule has 39 heavy (non-hydrogen) atoms. The van der Waals surface area contributed by atoms with Gasteiger partial charge in [0.15, 0.2) is 0 Å². The summed E-state index contributed by atoms with van der Waals surface area (Å²) < 4.78 is 13.0. The molecular weight excluding hydrogens is 562 g/mol. The van der Waals surface area contributed by atoms with Gasteiger partial charge in [-0.1, -0.05) is 25.1 Å². The largest absolute Gasteiger partial charge is 0.497 e. The number of carbonyl (C=O) groups is 1. The van der Waals surface area contributed by atoms with E-state index in [-0.39, 0.29) is 11.6 Å². The monoisotopic (exact) mass is 589 g/mol. The zero-order valence-electron chi connectivity index (χ0n) is 22.1. The standard InChI is InChI=1S/C29H28BrN5O4/c1-5-13-34(29(37)32-20-10-8-9-19(14-20)17-31)18(2)27-33-23-12-7-6-11-22(23)28(36)35(27)24-15-21(38-3)16-25(39-4)26(24)30/h6-12,14-16,18H,5,13H2,1-4H3,(H,32,37). The molecule has 4 rings (SSSR count). The van der Waals surface area contributed by atoms with Crippen molar-refractivity contribution >= 4 is 38.6 Å². The number of hydrogen-bond donors (Lipinski definition) is 1. The summed E-state index contributed by atoms with van der Waals surface area (Å²) in [7, 11) is 3.06. The summed E-state index contributed by atoms with van der Waals surface area (Å²) in [6.07, 6.45) is 0.671. The van der Waals surface area contributed by atoms with Crippen molar-refractivity contribution in [3.63, 3.8) is 0 Å². The molecule has 0 saturated carbocycles. The van der Waals surface area contributed by atoms with E-state index in [2.05, 4.69) is 27.3 Å². The number of aromatic nitrogens is 2. The van der Waals surface area contributed by atoms with Gasteiger partial charge >= 0.3 is 6.03 Å². The van der Waals surface area contributed by atoms with Gasteiger partial charge in [0.05, 0.1) is 53.0 Å². The van der Waals surface area contributed by atoms with Gasteiger partial charge in [0.25, 0.3) is 5.56 Å². The van der Waals surface area contributed by atoms with Crippen LogP contribution in [0.4, 0.5) is 10.5 Å². The third kappa shape index (κ3) is 5.59. The van der Waals surface area contributed by atoms with Crippen LogP contribution in [0.2, 0.25) is 0 Å². The maximum absolute atomic E-state index is 14.0. The quantitative estimate of drug-likeness (QED) is 0.268. The topological polar surface area (TPSA) is 109 Å². The maximum Gasteiger partial charge on any atom is 0.322 e. The van der Waals surface area contributed by atoms with Crippen molar-refractivity contribution < 1.29 is 14.3 Å². The molecule has 1 aromatic heterocycles. The molecule has 0 saturated heterocycles. The summed E-state index contributed by atoms with van der Waals surface area (Å²) in [5.74, 6) is 1.33. The fourth-order valence-electron chi connectivity index (χ4n) is 4.36. The van der Waals surface area contributed by atoms with Crippen molar-refractivity contribution in [1.29, 1.82) is 5.26 Å². The van der Waals surface area contributed by atoms with E-state index in [9.17, 15) is 14.9 Å². The Morgan fingerprint density at radius 2 is 1.92 bits per heavy atom. The smallest absolute Gasteiger partial charge is 0.322 e. The minimum absolute atomic E-state index is 0.294. The van der Waals surface area contributed by atoms with Crippen LogP contribution in [0.1, 0.15) is 37.7 Å². The molecule has 200 valence electrons. The number of halogens is 1. The molecule has 0 aliphatic rings. The van der Waals surface area contributed by atoms with Gasteiger partial charge in [-0.2, -0.15) is 5.26 Å². The number of rotatable bonds is 8. The Morgan fingerprint density at radius 3 is 2.62 bits per heavy atom. The second-order valence-corrected chi connectivity index (χ2v) is 9.58. The van der Waals surface area contributed by atoms with E-state index in [1.54, 1.807) is 59.5 Å². The molecule has 0 spiro atoms. The van der Waals surface area contributed by atoms with Crippen LogP contribution < -0.4 is 20.3 Å². The molecule has 0 aliphatic heterocycles. The first-order chi connectivity index (χ1) is 18.8. The first kappa shape index (κ1) is 27.7. The van der Waals surface area contributed by atoms with Crippen LogP contribution in [0, 0.1) is 11.3 Å². The van der Waals surface area contributed by atoms with E-state index in [0.717, 1.165) is 0 Å². The molecule has 3 aromatic carbocycles. The average molecular weight is 590 g/mol. The summed E-state index contributed by atoms with van der Waals surface area (Å²) >= 11 is 3.59. The van der Waals surface area contributed by atoms with E-state index in [0.29, 0.717) is 62.6 Å². The van der Waals surface area contributed by atoms with Gasteiger partial charge in [-0.25, -0.2) is 9.78 Å². The highest BCUT2D eigenvalue weighted by Crippen LogP contribution is 2.37. The predicted octanol–water partition coefficient (Wildman–Crippen LogP) is 6.04. The number of nitrogens with one attached hydrogen (secondary N) is 1. The van der Waals surface area contributed by atoms with Crippen molar-refractivity contribution in [3.05, 3.63) is 86.9 Å². The number of methoxy groups -OCH3 is 2. The highest BCUT2D eigenvalue weighted by Gasteiger charge is 2.28. The number of carbonyl (C=O) groups excluding carboxylic acids is 1. The molecule has 1 N–H and O–H groups in total. The molecule has 1 heterocycles. The van der Waals surface area contributed by atoms with Crippen molar-refractivity contribution in [1.82, 2.24) is 14.5 Å². The molecule has 9 nitrogen and oxygen atoms in total. The zero-order chi connectivity index (χ0) is 28.1. The highest BCUT2D eigenvalue weighted by atomic mass is 79.9. The predicted molar refractivity (Wildman–Crippen MR) is 154 cm³/mol. The molecule has 1 unspecified atom stereocenters. The van der Waals surface area contributed by atoms with Gasteiger partial charge in [0.1, 0.15) is 17.3 Å². The fourth-order valence-corrected chi connectivity index (χ4v) is 4.93. The van der Waals surface area contributed by atoms with Gasteiger partial charge in [-0.05, 0) is 59.6 Å². The summed E-state index contributed by atoms with van der Waals surface area (Å²) in [5.41, 5.74) is 1.62. The zero-order valence-corrected chi connectivity index (χ0v) is 23.7. The van der Waals surface area contributed by atoms with Gasteiger partial charge < -0.3 is 19.7 Å². The molecule has 1 atom stereocenters. The molecule has 2 amide bonds. The van der Waals surface area contributed by atoms with Gasteiger partial charge in [0, 0.05) is 24.4 Å². The van der Waals surface area contributed by atoms with Crippen molar-refractivity contribution in [2.45, 2.75) is 26.3 Å². The molecular formula is C29H28BrN5O4. The normalized spacial score (nSPS) is 11.5. The Bertz CT molecular complexity index is 1630. The van der Waals surface area contributed by atoms with E-state index in [4.69, 9.17) is 14.5 Å². The number of para-hydroxylation sites is 1. The van der Waals surface area contributed by atoms with Crippen LogP contribution in [0.25, 0.3) is 16.6 Å². The molecule has 10 heteroatoms. The van der Waals surface area contributed by atoms with E-state index in [1.807, 2.05) is 19.9 Å². The number of fused-ring (bicyclic) bond motifs is 1. The number of benzene rings is 3. The van der Waals surface area contributed by atoms with Gasteiger partial charge in [0.2, 0.25) is 0 Å². The number of amides is 2. The fraction of sp³-hybridized carbons (Fsp3) is 0.241. The van der Waals surface area contributed by atoms with Crippen molar-refractivity contribution in [3.8, 4) is 23.3 Å². The summed E-state index contributed by atoms with van der Waals surface area (Å²) in [6, 6.07) is 18.3. The van der Waals surface area contributed by atoms with Crippen LogP contribution in [0.15, 0.2) is 69.9 Å². The number of anilines is 1. The van der Waals surface area contributed by atoms with Gasteiger partial charge in [-0.15, -0.1) is 0 Å². The Kier molecular flexibility index (Phi) is 8.52. The van der Waals surface area contributed by atoms with Crippen LogP contribution in [-0.2, 0) is 0 Å². The summed E-state index contributed by atoms with van der Waals surface area (Å²) in [6.45, 7) is 4.20. The van der Waals surface area contributed by atoms with Crippen LogP contribution in [0.5, 0.6) is 11.5 Å². The third-order valence-corrected chi connectivity index (χ3v) is 7.10. The van der Waals surface area contributed by atoms with Crippen molar-refractivity contribution in [2.75, 3.05) is 26.1 Å². The van der Waals surface area contributed by atoms with E-state index in [1.165, 1.54) is 18.8 Å². The maximum atomic E-state index is 14.0. The molecule has 4 aromatic rings. The summed E-state index contributed by atoms with van der Waals surface area (Å²) in [5, 5.41) is 12.6. The van der Waals surface area contributed by atoms with E-state index < -0.39 is 6.04 Å². The Morgan fingerprint density at radius 1 is 1.15 bits per heavy atom. The third-order valence-electron chi connectivity index (χ3n) is 6.30. The lowest BCUT2D eigenvalue weighted by Gasteiger charge is -2.30. The molecule has 0 fully saturated rings. The minimum Gasteiger partial charge on any atom is -0.497 e. The number of nitriles is 1. The van der Waals surface area contributed by atoms with Crippen molar-refractivity contribution in [2.24, 2.45) is 0 Å². The minimum atomic E-state index is -0.620.